The highest BCUT2D eigenvalue weighted by atomic mass is 79.9. The fourth-order valence-corrected chi connectivity index (χ4v) is 1.75. The largest absolute Gasteiger partial charge is 0.321 e. The fraction of sp³-hybridized carbons (Fsp3) is 0.100. The Morgan fingerprint density at radius 3 is 2.57 bits per heavy atom. The molecule has 1 aromatic carbocycles. The van der Waals surface area contributed by atoms with Crippen LogP contribution < -0.4 is 0 Å². The van der Waals surface area contributed by atoms with Crippen LogP contribution in [-0.2, 0) is 6.54 Å². The van der Waals surface area contributed by atoms with Crippen LogP contribution in [0.15, 0.2) is 46.3 Å². The van der Waals surface area contributed by atoms with E-state index >= 15 is 0 Å². The maximum atomic E-state index is 4.35. The average Bonchev–Trinajstić information content (AvgIpc) is 2.52. The van der Waals surface area contributed by atoms with Gasteiger partial charge in [0.2, 0.25) is 0 Å². The van der Waals surface area contributed by atoms with Crippen molar-refractivity contribution in [1.29, 1.82) is 0 Å². The van der Waals surface area contributed by atoms with Gasteiger partial charge in [-0.1, -0.05) is 30.3 Å². The maximum Gasteiger partial charge on any atom is 0.137 e. The molecule has 0 atom stereocenters. The molecule has 0 spiro atoms. The average molecular weight is 269 g/mol. The molecule has 0 radical (unpaired) electrons. The Morgan fingerprint density at radius 2 is 2.00 bits per heavy atom. The van der Waals surface area contributed by atoms with Gasteiger partial charge in [-0.2, -0.15) is 0 Å². The minimum atomic E-state index is 0.789. The van der Waals surface area contributed by atoms with Gasteiger partial charge >= 0.3 is 0 Å². The van der Waals surface area contributed by atoms with Crippen molar-refractivity contribution in [2.75, 3.05) is 0 Å². The molecule has 4 heteroatoms. The van der Waals surface area contributed by atoms with Gasteiger partial charge in [0.25, 0.3) is 0 Å². The van der Waals surface area contributed by atoms with E-state index < -0.39 is 0 Å². The molecule has 0 fully saturated rings. The minimum Gasteiger partial charge on any atom is -0.321 e. The summed E-state index contributed by atoms with van der Waals surface area (Å²) in [7, 11) is 0. The Kier molecular flexibility index (Phi) is 2.93. The lowest BCUT2D eigenvalue weighted by Gasteiger charge is -2.03. The van der Waals surface area contributed by atoms with E-state index in [-0.39, 0.29) is 0 Å². The number of thiol groups is 1. The lowest BCUT2D eigenvalue weighted by atomic mass is 10.2. The van der Waals surface area contributed by atoms with Crippen LogP contribution in [-0.4, -0.2) is 9.55 Å². The Morgan fingerprint density at radius 1 is 1.29 bits per heavy atom. The number of rotatable bonds is 2. The number of halogens is 1. The first-order valence-electron chi connectivity index (χ1n) is 4.21. The lowest BCUT2D eigenvalue weighted by Crippen LogP contribution is -1.97. The Hall–Kier alpha value is -0.740. The van der Waals surface area contributed by atoms with Crippen LogP contribution >= 0.6 is 28.6 Å². The zero-order valence-electron chi connectivity index (χ0n) is 7.39. The van der Waals surface area contributed by atoms with Crippen LogP contribution in [0, 0.1) is 0 Å². The zero-order valence-corrected chi connectivity index (χ0v) is 9.87. The summed E-state index contributed by atoms with van der Waals surface area (Å²) >= 11 is 7.67. The summed E-state index contributed by atoms with van der Waals surface area (Å²) in [5.74, 6) is 0. The summed E-state index contributed by atoms with van der Waals surface area (Å²) in [5.41, 5.74) is 1.24. The summed E-state index contributed by atoms with van der Waals surface area (Å²) in [5, 5.41) is 0.855. The highest BCUT2D eigenvalue weighted by molar-refractivity contribution is 9.10. The molecule has 2 nitrogen and oxygen atoms in total. The predicted octanol–water partition coefficient (Wildman–Crippen LogP) is 2.98. The Labute approximate surface area is 96.5 Å². The van der Waals surface area contributed by atoms with Crippen molar-refractivity contribution in [2.24, 2.45) is 0 Å². The van der Waals surface area contributed by atoms with E-state index in [1.807, 2.05) is 22.8 Å². The van der Waals surface area contributed by atoms with Gasteiger partial charge < -0.3 is 4.57 Å². The van der Waals surface area contributed by atoms with E-state index in [0.29, 0.717) is 0 Å². The summed E-state index contributed by atoms with van der Waals surface area (Å²) in [6.07, 6.45) is 1.78. The highest BCUT2D eigenvalue weighted by Crippen LogP contribution is 2.19. The summed E-state index contributed by atoms with van der Waals surface area (Å²) in [4.78, 5) is 4.12. The van der Waals surface area contributed by atoms with Gasteiger partial charge in [-0.15, -0.1) is 12.6 Å². The summed E-state index contributed by atoms with van der Waals surface area (Å²) in [6, 6.07) is 10.2. The smallest absolute Gasteiger partial charge is 0.137 e. The van der Waals surface area contributed by atoms with Crippen molar-refractivity contribution < 1.29 is 0 Å². The van der Waals surface area contributed by atoms with Crippen molar-refractivity contribution in [3.05, 3.63) is 46.8 Å². The van der Waals surface area contributed by atoms with Crippen LogP contribution in [0.2, 0.25) is 0 Å². The van der Waals surface area contributed by atoms with Gasteiger partial charge in [-0.05, 0) is 21.5 Å². The van der Waals surface area contributed by atoms with Gasteiger partial charge in [0.15, 0.2) is 0 Å². The summed E-state index contributed by atoms with van der Waals surface area (Å²) < 4.78 is 2.78. The Balaban J connectivity index is 2.23. The zero-order chi connectivity index (χ0) is 9.97. The molecule has 0 unspecified atom stereocenters. The van der Waals surface area contributed by atoms with Crippen molar-refractivity contribution in [1.82, 2.24) is 9.55 Å². The number of nitrogens with zero attached hydrogens (tertiary/aromatic N) is 2. The van der Waals surface area contributed by atoms with E-state index in [0.717, 1.165) is 16.2 Å². The van der Waals surface area contributed by atoms with Crippen molar-refractivity contribution in [2.45, 2.75) is 11.6 Å². The number of aromatic nitrogens is 2. The standard InChI is InChI=1S/C10H9BrN2S/c11-9-10(14)13(7-12-9)6-8-4-2-1-3-5-8/h1-5,7,14H,6H2. The minimum absolute atomic E-state index is 0.789. The van der Waals surface area contributed by atoms with E-state index in [1.54, 1.807) is 6.33 Å². The first-order valence-corrected chi connectivity index (χ1v) is 5.45. The quantitative estimate of drug-likeness (QED) is 0.830. The molecule has 0 amide bonds. The molecule has 1 aromatic heterocycles. The summed E-state index contributed by atoms with van der Waals surface area (Å²) in [6.45, 7) is 0.804. The van der Waals surface area contributed by atoms with Gasteiger partial charge in [0.1, 0.15) is 9.63 Å². The predicted molar refractivity (Wildman–Crippen MR) is 62.7 cm³/mol. The van der Waals surface area contributed by atoms with Crippen molar-refractivity contribution in [3.63, 3.8) is 0 Å². The topological polar surface area (TPSA) is 17.8 Å². The molecule has 0 saturated carbocycles. The molecule has 1 heterocycles. The molecule has 0 aliphatic rings. The first kappa shape index (κ1) is 9.80. The molecule has 72 valence electrons. The van der Waals surface area contributed by atoms with Crippen LogP contribution in [0.4, 0.5) is 0 Å². The van der Waals surface area contributed by atoms with Crippen LogP contribution in [0.1, 0.15) is 5.56 Å². The van der Waals surface area contributed by atoms with Gasteiger partial charge in [-0.3, -0.25) is 0 Å². The number of benzene rings is 1. The molecule has 0 aliphatic carbocycles. The SMILES string of the molecule is Sc1c(Br)ncn1Cc1ccccc1. The molecule has 0 bridgehead atoms. The number of imidazole rings is 1. The number of hydrogen-bond acceptors (Lipinski definition) is 2. The fourth-order valence-electron chi connectivity index (χ4n) is 1.25. The molecule has 0 saturated heterocycles. The van der Waals surface area contributed by atoms with Crippen LogP contribution in [0.3, 0.4) is 0 Å². The monoisotopic (exact) mass is 268 g/mol. The van der Waals surface area contributed by atoms with E-state index in [9.17, 15) is 0 Å². The lowest BCUT2D eigenvalue weighted by molar-refractivity contribution is 0.730. The number of hydrogen-bond donors (Lipinski definition) is 1. The molecular weight excluding hydrogens is 260 g/mol. The third-order valence-electron chi connectivity index (χ3n) is 1.96. The molecule has 0 N–H and O–H groups in total. The molecule has 2 rings (SSSR count). The van der Waals surface area contributed by atoms with Crippen LogP contribution in [0.25, 0.3) is 0 Å². The third kappa shape index (κ3) is 2.01. The van der Waals surface area contributed by atoms with E-state index in [1.165, 1.54) is 5.56 Å². The van der Waals surface area contributed by atoms with E-state index in [2.05, 4.69) is 45.7 Å². The first-order chi connectivity index (χ1) is 6.77. The van der Waals surface area contributed by atoms with E-state index in [4.69, 9.17) is 0 Å². The van der Waals surface area contributed by atoms with Crippen molar-refractivity contribution in [3.8, 4) is 0 Å². The van der Waals surface area contributed by atoms with Crippen LogP contribution in [0.5, 0.6) is 0 Å². The second-order valence-electron chi connectivity index (χ2n) is 2.97. The van der Waals surface area contributed by atoms with Gasteiger partial charge in [-0.25, -0.2) is 4.98 Å². The molecular formula is C10H9BrN2S. The highest BCUT2D eigenvalue weighted by Gasteiger charge is 2.03. The normalized spacial score (nSPS) is 10.4. The molecule has 0 aliphatic heterocycles. The second kappa shape index (κ2) is 4.19. The third-order valence-corrected chi connectivity index (χ3v) is 3.32. The maximum absolute atomic E-state index is 4.35. The Bertz CT molecular complexity index is 425. The molecule has 14 heavy (non-hydrogen) atoms. The van der Waals surface area contributed by atoms with Gasteiger partial charge in [0, 0.05) is 6.54 Å². The molecule has 2 aromatic rings. The van der Waals surface area contributed by atoms with Crippen molar-refractivity contribution >= 4 is 28.6 Å². The van der Waals surface area contributed by atoms with Gasteiger partial charge in [0.05, 0.1) is 6.33 Å². The second-order valence-corrected chi connectivity index (χ2v) is 4.15.